The molecule has 0 aliphatic heterocycles. The molecule has 3 aromatic carbocycles. The van der Waals surface area contributed by atoms with Crippen LogP contribution in [0, 0.1) is 0 Å². The number of nitrogens with two attached hydrogens (primary N) is 1. The normalized spacial score (nSPS) is 11.8. The minimum absolute atomic E-state index is 0.356. The molecule has 174 valence electrons. The summed E-state index contributed by atoms with van der Waals surface area (Å²) >= 11 is 0. The number of anilines is 3. The number of amides is 1. The van der Waals surface area contributed by atoms with E-state index in [1.165, 1.54) is 11.1 Å². The summed E-state index contributed by atoms with van der Waals surface area (Å²) in [5, 5.41) is 3.06. The third-order valence-electron chi connectivity index (χ3n) is 5.10. The Kier molecular flexibility index (Phi) is 8.07. The van der Waals surface area contributed by atoms with Crippen LogP contribution in [0.1, 0.15) is 6.92 Å². The van der Waals surface area contributed by atoms with E-state index in [9.17, 15) is 4.79 Å². The predicted molar refractivity (Wildman–Crippen MR) is 140 cm³/mol. The second-order valence-corrected chi connectivity index (χ2v) is 7.41. The average Bonchev–Trinajstić information content (AvgIpc) is 2.86. The van der Waals surface area contributed by atoms with Gasteiger partial charge in [-0.2, -0.15) is 0 Å². The van der Waals surface area contributed by atoms with Gasteiger partial charge in [-0.25, -0.2) is 4.99 Å². The molecule has 0 aliphatic rings. The number of likely N-dealkylation sites (N-methyl/N-ethyl adjacent to an activating group) is 1. The van der Waals surface area contributed by atoms with Gasteiger partial charge in [0.25, 0.3) is 0 Å². The highest BCUT2D eigenvalue weighted by Gasteiger charge is 2.23. The zero-order valence-electron chi connectivity index (χ0n) is 19.6. The number of hydrogen-bond donors (Lipinski definition) is 2. The SMILES string of the molecule is C=CN=C(/C(=C(\C)N)N(C)c1ccc(Oc2ccccc2)cc1)N(C=O)c1ccc(NC)cc1. The molecule has 0 aromatic heterocycles. The molecule has 0 unspecified atom stereocenters. The lowest BCUT2D eigenvalue weighted by molar-refractivity contribution is -0.106. The fraction of sp³-hybridized carbons (Fsp3) is 0.111. The topological polar surface area (TPSA) is 83.2 Å². The molecule has 0 radical (unpaired) electrons. The van der Waals surface area contributed by atoms with Gasteiger partial charge >= 0.3 is 0 Å². The maximum absolute atomic E-state index is 12.2. The Bertz CT molecular complexity index is 1170. The molecule has 0 saturated carbocycles. The number of para-hydroxylation sites is 1. The third-order valence-corrected chi connectivity index (χ3v) is 5.10. The van der Waals surface area contributed by atoms with Crippen LogP contribution in [0.25, 0.3) is 0 Å². The van der Waals surface area contributed by atoms with Crippen LogP contribution >= 0.6 is 0 Å². The molecule has 34 heavy (non-hydrogen) atoms. The lowest BCUT2D eigenvalue weighted by Gasteiger charge is -2.29. The number of ether oxygens (including phenoxy) is 1. The first-order chi connectivity index (χ1) is 16.5. The maximum atomic E-state index is 12.2. The third kappa shape index (κ3) is 5.63. The van der Waals surface area contributed by atoms with E-state index in [4.69, 9.17) is 10.5 Å². The molecule has 7 nitrogen and oxygen atoms in total. The summed E-state index contributed by atoms with van der Waals surface area (Å²) in [7, 11) is 3.70. The molecule has 3 N–H and O–H groups in total. The number of rotatable bonds is 9. The first-order valence-corrected chi connectivity index (χ1v) is 10.7. The van der Waals surface area contributed by atoms with E-state index in [0.717, 1.165) is 17.1 Å². The summed E-state index contributed by atoms with van der Waals surface area (Å²) in [5.74, 6) is 1.82. The minimum atomic E-state index is 0.356. The quantitative estimate of drug-likeness (QED) is 0.258. The van der Waals surface area contributed by atoms with E-state index >= 15 is 0 Å². The minimum Gasteiger partial charge on any atom is -0.457 e. The van der Waals surface area contributed by atoms with Gasteiger partial charge in [0.2, 0.25) is 6.41 Å². The molecule has 1 amide bonds. The number of hydrogen-bond acceptors (Lipinski definition) is 6. The van der Waals surface area contributed by atoms with Gasteiger partial charge in [0, 0.05) is 37.4 Å². The molecule has 0 heterocycles. The highest BCUT2D eigenvalue weighted by Crippen LogP contribution is 2.28. The van der Waals surface area contributed by atoms with Gasteiger partial charge in [-0.05, 0) is 67.6 Å². The van der Waals surface area contributed by atoms with Crippen molar-refractivity contribution in [2.45, 2.75) is 6.92 Å². The van der Waals surface area contributed by atoms with Crippen molar-refractivity contribution < 1.29 is 9.53 Å². The predicted octanol–water partition coefficient (Wildman–Crippen LogP) is 5.35. The highest BCUT2D eigenvalue weighted by atomic mass is 16.5. The highest BCUT2D eigenvalue weighted by molar-refractivity contribution is 6.20. The maximum Gasteiger partial charge on any atom is 0.219 e. The Morgan fingerprint density at radius 3 is 2.09 bits per heavy atom. The van der Waals surface area contributed by atoms with E-state index < -0.39 is 0 Å². The van der Waals surface area contributed by atoms with Gasteiger partial charge in [0.1, 0.15) is 17.2 Å². The van der Waals surface area contributed by atoms with Gasteiger partial charge in [0.05, 0.1) is 5.69 Å². The summed E-state index contributed by atoms with van der Waals surface area (Å²) in [6.45, 7) is 5.49. The number of nitrogens with zero attached hydrogens (tertiary/aromatic N) is 3. The average molecular weight is 456 g/mol. The molecule has 0 spiro atoms. The standard InChI is InChI=1S/C27H29N5O2/c1-5-30-27(32(19-33)23-13-11-21(29-3)12-14-23)26(20(2)28)31(4)22-15-17-25(18-16-22)34-24-9-7-6-8-10-24/h5-19,29H,1,28H2,2-4H3/b26-20-,30-27?. The number of benzene rings is 3. The second kappa shape index (κ2) is 11.4. The number of aliphatic imine (C=N–C) groups is 1. The van der Waals surface area contributed by atoms with Crippen LogP contribution < -0.4 is 25.6 Å². The van der Waals surface area contributed by atoms with Crippen molar-refractivity contribution in [3.05, 3.63) is 103 Å². The smallest absolute Gasteiger partial charge is 0.219 e. The molecular weight excluding hydrogens is 426 g/mol. The zero-order chi connectivity index (χ0) is 24.5. The number of allylic oxidation sites excluding steroid dienone is 1. The molecule has 0 fully saturated rings. The number of nitrogens with one attached hydrogen (secondary N) is 1. The fourth-order valence-corrected chi connectivity index (χ4v) is 3.43. The Morgan fingerprint density at radius 2 is 1.56 bits per heavy atom. The van der Waals surface area contributed by atoms with E-state index in [2.05, 4.69) is 16.9 Å². The first kappa shape index (κ1) is 24.1. The van der Waals surface area contributed by atoms with Gasteiger partial charge in [0.15, 0.2) is 5.84 Å². The lowest BCUT2D eigenvalue weighted by atomic mass is 10.2. The van der Waals surface area contributed by atoms with E-state index in [1.807, 2.05) is 97.9 Å². The van der Waals surface area contributed by atoms with Crippen molar-refractivity contribution in [2.24, 2.45) is 10.7 Å². The molecule has 0 bridgehead atoms. The first-order valence-electron chi connectivity index (χ1n) is 10.7. The van der Waals surface area contributed by atoms with Gasteiger partial charge in [-0.3, -0.25) is 9.69 Å². The Labute approximate surface area is 200 Å². The van der Waals surface area contributed by atoms with Crippen LogP contribution in [0.5, 0.6) is 11.5 Å². The number of carbonyl (C=O) groups excluding carboxylic acids is 1. The number of amidine groups is 1. The molecule has 3 rings (SSSR count). The zero-order valence-corrected chi connectivity index (χ0v) is 19.6. The van der Waals surface area contributed by atoms with Crippen LogP contribution in [0.15, 0.2) is 108 Å². The van der Waals surface area contributed by atoms with Crippen LogP contribution in [-0.2, 0) is 4.79 Å². The molecular formula is C27H29N5O2. The van der Waals surface area contributed by atoms with Crippen molar-refractivity contribution in [3.63, 3.8) is 0 Å². The molecule has 7 heteroatoms. The van der Waals surface area contributed by atoms with E-state index in [1.54, 1.807) is 6.92 Å². The van der Waals surface area contributed by atoms with E-state index in [0.29, 0.717) is 35.1 Å². The molecule has 0 saturated heterocycles. The Hall–Kier alpha value is -4.52. The second-order valence-electron chi connectivity index (χ2n) is 7.41. The van der Waals surface area contributed by atoms with Gasteiger partial charge < -0.3 is 20.7 Å². The summed E-state index contributed by atoms with van der Waals surface area (Å²) < 4.78 is 5.89. The van der Waals surface area contributed by atoms with Crippen molar-refractivity contribution >= 4 is 29.3 Å². The largest absolute Gasteiger partial charge is 0.457 e. The molecule has 0 aliphatic carbocycles. The Balaban J connectivity index is 1.93. The summed E-state index contributed by atoms with van der Waals surface area (Å²) in [5.41, 5.74) is 9.78. The molecule has 0 atom stereocenters. The van der Waals surface area contributed by atoms with Crippen molar-refractivity contribution in [3.8, 4) is 11.5 Å². The van der Waals surface area contributed by atoms with Crippen LogP contribution in [0.3, 0.4) is 0 Å². The van der Waals surface area contributed by atoms with Gasteiger partial charge in [-0.1, -0.05) is 24.8 Å². The fourth-order valence-electron chi connectivity index (χ4n) is 3.43. The van der Waals surface area contributed by atoms with Crippen molar-refractivity contribution in [2.75, 3.05) is 29.2 Å². The lowest BCUT2D eigenvalue weighted by Crippen LogP contribution is -2.38. The summed E-state index contributed by atoms with van der Waals surface area (Å²) in [6.07, 6.45) is 2.10. The number of carbonyl (C=O) groups is 1. The Morgan fingerprint density at radius 1 is 0.971 bits per heavy atom. The van der Waals surface area contributed by atoms with Crippen molar-refractivity contribution in [1.29, 1.82) is 0 Å². The summed E-state index contributed by atoms with van der Waals surface area (Å²) in [4.78, 5) is 19.9. The monoisotopic (exact) mass is 455 g/mol. The van der Waals surface area contributed by atoms with Crippen LogP contribution in [0.4, 0.5) is 17.1 Å². The van der Waals surface area contributed by atoms with Crippen LogP contribution in [0.2, 0.25) is 0 Å². The van der Waals surface area contributed by atoms with Crippen LogP contribution in [-0.4, -0.2) is 26.3 Å². The van der Waals surface area contributed by atoms with Gasteiger partial charge in [-0.15, -0.1) is 0 Å². The van der Waals surface area contributed by atoms with E-state index in [-0.39, 0.29) is 0 Å². The summed E-state index contributed by atoms with van der Waals surface area (Å²) in [6, 6.07) is 24.6. The molecule has 3 aromatic rings. The van der Waals surface area contributed by atoms with Crippen molar-refractivity contribution in [1.82, 2.24) is 0 Å².